The second-order valence-corrected chi connectivity index (χ2v) is 3.70. The number of para-hydroxylation sites is 2. The molecular formula is C11H17N3O2. The van der Waals surface area contributed by atoms with E-state index >= 15 is 0 Å². The molecule has 0 saturated carbocycles. The fraction of sp³-hybridized carbons (Fsp3) is 0.364. The van der Waals surface area contributed by atoms with Gasteiger partial charge in [0.25, 0.3) is 0 Å². The van der Waals surface area contributed by atoms with E-state index < -0.39 is 0 Å². The van der Waals surface area contributed by atoms with Gasteiger partial charge >= 0.3 is 6.03 Å². The van der Waals surface area contributed by atoms with Gasteiger partial charge in [0.1, 0.15) is 5.75 Å². The van der Waals surface area contributed by atoms with E-state index in [0.29, 0.717) is 12.2 Å². The van der Waals surface area contributed by atoms with E-state index in [1.165, 1.54) is 6.07 Å². The molecule has 16 heavy (non-hydrogen) atoms. The van der Waals surface area contributed by atoms with E-state index in [-0.39, 0.29) is 11.8 Å². The molecule has 0 saturated heterocycles. The van der Waals surface area contributed by atoms with Crippen molar-refractivity contribution in [3.05, 3.63) is 24.3 Å². The number of aromatic hydroxyl groups is 1. The molecule has 0 bridgehead atoms. The van der Waals surface area contributed by atoms with E-state index in [4.69, 9.17) is 0 Å². The summed E-state index contributed by atoms with van der Waals surface area (Å²) in [5, 5.41) is 14.7. The van der Waals surface area contributed by atoms with Crippen LogP contribution >= 0.6 is 0 Å². The van der Waals surface area contributed by atoms with Gasteiger partial charge in [-0.2, -0.15) is 0 Å². The van der Waals surface area contributed by atoms with Gasteiger partial charge in [0.2, 0.25) is 0 Å². The topological polar surface area (TPSA) is 64.6 Å². The molecule has 0 aliphatic rings. The number of likely N-dealkylation sites (N-methyl/N-ethyl adjacent to an activating group) is 1. The number of hydrogen-bond donors (Lipinski definition) is 3. The van der Waals surface area contributed by atoms with Crippen LogP contribution in [0.1, 0.15) is 0 Å². The van der Waals surface area contributed by atoms with Crippen molar-refractivity contribution in [2.24, 2.45) is 0 Å². The molecule has 5 nitrogen and oxygen atoms in total. The summed E-state index contributed by atoms with van der Waals surface area (Å²) in [5.41, 5.74) is 0.407. The minimum absolute atomic E-state index is 0.0604. The quantitative estimate of drug-likeness (QED) is 0.669. The molecule has 88 valence electrons. The Balaban J connectivity index is 2.37. The van der Waals surface area contributed by atoms with Gasteiger partial charge in [0, 0.05) is 13.1 Å². The summed E-state index contributed by atoms with van der Waals surface area (Å²) in [6.45, 7) is 1.33. The van der Waals surface area contributed by atoms with Gasteiger partial charge in [-0.1, -0.05) is 12.1 Å². The molecule has 0 aliphatic carbocycles. The third kappa shape index (κ3) is 4.18. The van der Waals surface area contributed by atoms with Crippen LogP contribution in [0, 0.1) is 0 Å². The smallest absolute Gasteiger partial charge is 0.319 e. The predicted molar refractivity (Wildman–Crippen MR) is 63.7 cm³/mol. The van der Waals surface area contributed by atoms with Crippen LogP contribution in [-0.4, -0.2) is 43.2 Å². The number of anilines is 1. The summed E-state index contributed by atoms with van der Waals surface area (Å²) in [6.07, 6.45) is 0. The molecule has 0 aliphatic heterocycles. The van der Waals surface area contributed by atoms with Crippen molar-refractivity contribution in [3.63, 3.8) is 0 Å². The molecule has 3 N–H and O–H groups in total. The number of carbonyl (C=O) groups is 1. The van der Waals surface area contributed by atoms with Crippen molar-refractivity contribution in [2.45, 2.75) is 0 Å². The Morgan fingerprint density at radius 2 is 2.06 bits per heavy atom. The Hall–Kier alpha value is -1.75. The molecular weight excluding hydrogens is 206 g/mol. The van der Waals surface area contributed by atoms with Crippen LogP contribution in [0.3, 0.4) is 0 Å². The summed E-state index contributed by atoms with van der Waals surface area (Å²) in [6, 6.07) is 6.29. The standard InChI is InChI=1S/C11H17N3O2/c1-14(2)8-7-12-11(16)13-9-5-3-4-6-10(9)15/h3-6,15H,7-8H2,1-2H3,(H2,12,13,16). The lowest BCUT2D eigenvalue weighted by Gasteiger charge is -2.11. The van der Waals surface area contributed by atoms with Crippen molar-refractivity contribution in [1.29, 1.82) is 0 Å². The molecule has 0 heterocycles. The van der Waals surface area contributed by atoms with Gasteiger partial charge in [0.05, 0.1) is 5.69 Å². The van der Waals surface area contributed by atoms with E-state index in [0.717, 1.165) is 6.54 Å². The first kappa shape index (κ1) is 12.3. The van der Waals surface area contributed by atoms with E-state index in [1.54, 1.807) is 18.2 Å². The van der Waals surface area contributed by atoms with Crippen molar-refractivity contribution in [3.8, 4) is 5.75 Å². The number of phenols is 1. The SMILES string of the molecule is CN(C)CCNC(=O)Nc1ccccc1O. The number of phenolic OH excluding ortho intramolecular Hbond substituents is 1. The van der Waals surface area contributed by atoms with E-state index in [1.807, 2.05) is 19.0 Å². The van der Waals surface area contributed by atoms with Crippen LogP contribution in [0.15, 0.2) is 24.3 Å². The predicted octanol–water partition coefficient (Wildman–Crippen LogP) is 1.08. The number of hydrogen-bond acceptors (Lipinski definition) is 3. The number of amides is 2. The summed E-state index contributed by atoms with van der Waals surface area (Å²) in [5.74, 6) is 0.0604. The number of urea groups is 1. The lowest BCUT2D eigenvalue weighted by molar-refractivity contribution is 0.250. The second-order valence-electron chi connectivity index (χ2n) is 3.70. The van der Waals surface area contributed by atoms with Crippen molar-refractivity contribution in [1.82, 2.24) is 10.2 Å². The average Bonchev–Trinajstić information content (AvgIpc) is 2.21. The lowest BCUT2D eigenvalue weighted by atomic mass is 10.3. The highest BCUT2D eigenvalue weighted by atomic mass is 16.3. The zero-order valence-corrected chi connectivity index (χ0v) is 9.53. The van der Waals surface area contributed by atoms with Crippen molar-refractivity contribution >= 4 is 11.7 Å². The van der Waals surface area contributed by atoms with Gasteiger partial charge in [-0.3, -0.25) is 0 Å². The fourth-order valence-corrected chi connectivity index (χ4v) is 1.14. The minimum Gasteiger partial charge on any atom is -0.506 e. The summed E-state index contributed by atoms with van der Waals surface area (Å²) in [7, 11) is 3.87. The Bertz CT molecular complexity index is 353. The van der Waals surface area contributed by atoms with Crippen LogP contribution in [0.25, 0.3) is 0 Å². The van der Waals surface area contributed by atoms with E-state index in [2.05, 4.69) is 10.6 Å². The van der Waals surface area contributed by atoms with Crippen LogP contribution in [0.5, 0.6) is 5.75 Å². The first-order chi connectivity index (χ1) is 7.59. The normalized spacial score (nSPS) is 10.2. The molecule has 1 aromatic rings. The number of nitrogens with one attached hydrogen (secondary N) is 2. The molecule has 2 amide bonds. The Labute approximate surface area is 95.1 Å². The number of benzene rings is 1. The first-order valence-electron chi connectivity index (χ1n) is 5.07. The summed E-state index contributed by atoms with van der Waals surface area (Å²) in [4.78, 5) is 13.4. The molecule has 0 unspecified atom stereocenters. The monoisotopic (exact) mass is 223 g/mol. The third-order valence-corrected chi connectivity index (χ3v) is 2.00. The molecule has 5 heteroatoms. The Morgan fingerprint density at radius 3 is 2.69 bits per heavy atom. The molecule has 0 aromatic heterocycles. The zero-order chi connectivity index (χ0) is 12.0. The molecule has 0 spiro atoms. The number of nitrogens with zero attached hydrogens (tertiary/aromatic N) is 1. The van der Waals surface area contributed by atoms with Crippen LogP contribution in [-0.2, 0) is 0 Å². The van der Waals surface area contributed by atoms with Crippen molar-refractivity contribution < 1.29 is 9.90 Å². The average molecular weight is 223 g/mol. The van der Waals surface area contributed by atoms with Crippen molar-refractivity contribution in [2.75, 3.05) is 32.5 Å². The van der Waals surface area contributed by atoms with Gasteiger partial charge in [-0.05, 0) is 26.2 Å². The van der Waals surface area contributed by atoms with Crippen LogP contribution in [0.4, 0.5) is 10.5 Å². The number of carbonyl (C=O) groups excluding carboxylic acids is 1. The Kier molecular flexibility index (Phi) is 4.60. The maximum absolute atomic E-state index is 11.4. The largest absolute Gasteiger partial charge is 0.506 e. The first-order valence-corrected chi connectivity index (χ1v) is 5.07. The maximum Gasteiger partial charge on any atom is 0.319 e. The Morgan fingerprint density at radius 1 is 1.38 bits per heavy atom. The van der Waals surface area contributed by atoms with Crippen LogP contribution < -0.4 is 10.6 Å². The van der Waals surface area contributed by atoms with Crippen LogP contribution in [0.2, 0.25) is 0 Å². The zero-order valence-electron chi connectivity index (χ0n) is 9.53. The molecule has 0 atom stereocenters. The summed E-state index contributed by atoms with van der Waals surface area (Å²) >= 11 is 0. The minimum atomic E-state index is -0.316. The number of rotatable bonds is 4. The van der Waals surface area contributed by atoms with E-state index in [9.17, 15) is 9.90 Å². The molecule has 0 fully saturated rings. The fourth-order valence-electron chi connectivity index (χ4n) is 1.14. The highest BCUT2D eigenvalue weighted by molar-refractivity contribution is 5.90. The summed E-state index contributed by atoms with van der Waals surface area (Å²) < 4.78 is 0. The molecule has 0 radical (unpaired) electrons. The molecule has 1 aromatic carbocycles. The lowest BCUT2D eigenvalue weighted by Crippen LogP contribution is -2.34. The maximum atomic E-state index is 11.4. The molecule has 1 rings (SSSR count). The highest BCUT2D eigenvalue weighted by Crippen LogP contribution is 2.20. The third-order valence-electron chi connectivity index (χ3n) is 2.00. The van der Waals surface area contributed by atoms with Gasteiger partial charge < -0.3 is 20.6 Å². The van der Waals surface area contributed by atoms with Gasteiger partial charge in [-0.25, -0.2) is 4.79 Å². The highest BCUT2D eigenvalue weighted by Gasteiger charge is 2.04. The van der Waals surface area contributed by atoms with Gasteiger partial charge in [-0.15, -0.1) is 0 Å². The second kappa shape index (κ2) is 5.97. The van der Waals surface area contributed by atoms with Gasteiger partial charge in [0.15, 0.2) is 0 Å².